The number of piperidine rings is 1. The maximum Gasteiger partial charge on any atom is 0.240 e. The van der Waals surface area contributed by atoms with E-state index in [0.717, 1.165) is 0 Å². The van der Waals surface area contributed by atoms with Gasteiger partial charge in [-0.3, -0.25) is 4.79 Å². The van der Waals surface area contributed by atoms with Gasteiger partial charge in [-0.2, -0.15) is 0 Å². The first-order valence-corrected chi connectivity index (χ1v) is 9.11. The second-order valence-electron chi connectivity index (χ2n) is 6.82. The molecule has 0 aromatic heterocycles. The smallest absolute Gasteiger partial charge is 0.240 e. The largest absolute Gasteiger partial charge is 0.341 e. The molecule has 0 radical (unpaired) electrons. The molecule has 0 spiro atoms. The predicted molar refractivity (Wildman–Crippen MR) is 84.3 cm³/mol. The van der Waals surface area contributed by atoms with Crippen LogP contribution < -0.4 is 5.73 Å². The van der Waals surface area contributed by atoms with Gasteiger partial charge in [0.1, 0.15) is 0 Å². The van der Waals surface area contributed by atoms with Gasteiger partial charge in [0, 0.05) is 26.2 Å². The van der Waals surface area contributed by atoms with Crippen molar-refractivity contribution in [2.45, 2.75) is 52.6 Å². The van der Waals surface area contributed by atoms with Gasteiger partial charge in [0.05, 0.1) is 11.8 Å². The molecule has 1 amide bonds. The van der Waals surface area contributed by atoms with Crippen molar-refractivity contribution in [3.8, 4) is 0 Å². The summed E-state index contributed by atoms with van der Waals surface area (Å²) in [5, 5.41) is 0. The molecule has 0 unspecified atom stereocenters. The van der Waals surface area contributed by atoms with E-state index >= 15 is 0 Å². The van der Waals surface area contributed by atoms with Gasteiger partial charge >= 0.3 is 0 Å². The number of hydrogen-bond donors (Lipinski definition) is 1. The fourth-order valence-corrected chi connectivity index (χ4v) is 3.52. The molecule has 21 heavy (non-hydrogen) atoms. The Morgan fingerprint density at radius 2 is 1.81 bits per heavy atom. The lowest BCUT2D eigenvalue weighted by Gasteiger charge is -2.38. The standard InChI is InChI=1S/C14H29N3O3S/c1-6-21(19,20)16(5)11-7-9-17(10-8-11)13(18)12(15)14(2,3)4/h11-12H,6-10,15H2,1-5H3/t12-/m1/s1. The highest BCUT2D eigenvalue weighted by molar-refractivity contribution is 7.89. The Bertz CT molecular complexity index is 462. The van der Waals surface area contributed by atoms with E-state index in [9.17, 15) is 13.2 Å². The Kier molecular flexibility index (Phi) is 5.80. The number of sulfonamides is 1. The zero-order chi connectivity index (χ0) is 16.4. The van der Waals surface area contributed by atoms with Crippen LogP contribution in [0.2, 0.25) is 0 Å². The molecule has 1 aliphatic rings. The zero-order valence-corrected chi connectivity index (χ0v) is 14.6. The highest BCUT2D eigenvalue weighted by Crippen LogP contribution is 2.23. The Balaban J connectivity index is 2.63. The molecule has 124 valence electrons. The van der Waals surface area contributed by atoms with E-state index in [0.29, 0.717) is 25.9 Å². The van der Waals surface area contributed by atoms with Crippen LogP contribution >= 0.6 is 0 Å². The number of nitrogens with two attached hydrogens (primary N) is 1. The Hall–Kier alpha value is -0.660. The number of carbonyl (C=O) groups is 1. The molecule has 1 fully saturated rings. The summed E-state index contributed by atoms with van der Waals surface area (Å²) >= 11 is 0. The highest BCUT2D eigenvalue weighted by Gasteiger charge is 2.35. The lowest BCUT2D eigenvalue weighted by atomic mass is 9.86. The maximum atomic E-state index is 12.3. The topological polar surface area (TPSA) is 83.7 Å². The van der Waals surface area contributed by atoms with E-state index in [1.54, 1.807) is 18.9 Å². The average Bonchev–Trinajstić information content (AvgIpc) is 2.44. The molecular formula is C14H29N3O3S. The molecule has 1 rings (SSSR count). The van der Waals surface area contributed by atoms with E-state index in [-0.39, 0.29) is 23.1 Å². The van der Waals surface area contributed by atoms with Gasteiger partial charge < -0.3 is 10.6 Å². The van der Waals surface area contributed by atoms with Gasteiger partial charge in [-0.15, -0.1) is 0 Å². The Labute approximate surface area is 128 Å². The number of nitrogens with zero attached hydrogens (tertiary/aromatic N) is 2. The van der Waals surface area contributed by atoms with Gasteiger partial charge in [0.15, 0.2) is 0 Å². The van der Waals surface area contributed by atoms with Gasteiger partial charge in [-0.25, -0.2) is 12.7 Å². The van der Waals surface area contributed by atoms with E-state index in [4.69, 9.17) is 5.73 Å². The lowest BCUT2D eigenvalue weighted by Crippen LogP contribution is -2.54. The quantitative estimate of drug-likeness (QED) is 0.824. The van der Waals surface area contributed by atoms with Crippen molar-refractivity contribution in [2.75, 3.05) is 25.9 Å². The molecule has 0 bridgehead atoms. The fourth-order valence-electron chi connectivity index (χ4n) is 2.45. The molecule has 1 heterocycles. The van der Waals surface area contributed by atoms with E-state index < -0.39 is 16.1 Å². The second kappa shape index (κ2) is 6.62. The summed E-state index contributed by atoms with van der Waals surface area (Å²) < 4.78 is 25.2. The third-order valence-electron chi connectivity index (χ3n) is 4.29. The van der Waals surface area contributed by atoms with Crippen LogP contribution in [-0.4, -0.2) is 61.5 Å². The van der Waals surface area contributed by atoms with Crippen LogP contribution in [0.25, 0.3) is 0 Å². The number of amides is 1. The summed E-state index contributed by atoms with van der Waals surface area (Å²) in [4.78, 5) is 14.1. The van der Waals surface area contributed by atoms with Gasteiger partial charge in [0.25, 0.3) is 0 Å². The van der Waals surface area contributed by atoms with Crippen LogP contribution in [0.15, 0.2) is 0 Å². The minimum absolute atomic E-state index is 0.0233. The first-order chi connectivity index (χ1) is 9.50. The number of carbonyl (C=O) groups excluding carboxylic acids is 1. The maximum absolute atomic E-state index is 12.3. The van der Waals surface area contributed by atoms with Crippen molar-refractivity contribution >= 4 is 15.9 Å². The van der Waals surface area contributed by atoms with Crippen LogP contribution in [0, 0.1) is 5.41 Å². The molecule has 2 N–H and O–H groups in total. The Morgan fingerprint density at radius 3 is 2.19 bits per heavy atom. The molecule has 6 nitrogen and oxygen atoms in total. The third kappa shape index (κ3) is 4.40. The van der Waals surface area contributed by atoms with Crippen molar-refractivity contribution in [1.82, 2.24) is 9.21 Å². The van der Waals surface area contributed by atoms with Crippen molar-refractivity contribution < 1.29 is 13.2 Å². The molecule has 7 heteroatoms. The summed E-state index contributed by atoms with van der Waals surface area (Å²) in [5.74, 6) is 0.0688. The van der Waals surface area contributed by atoms with E-state index in [1.165, 1.54) is 4.31 Å². The Morgan fingerprint density at radius 1 is 1.33 bits per heavy atom. The minimum atomic E-state index is -3.17. The van der Waals surface area contributed by atoms with Crippen LogP contribution in [-0.2, 0) is 14.8 Å². The summed E-state index contributed by atoms with van der Waals surface area (Å²) in [6, 6.07) is -0.545. The fraction of sp³-hybridized carbons (Fsp3) is 0.929. The van der Waals surface area contributed by atoms with Crippen LogP contribution in [0.3, 0.4) is 0 Å². The number of likely N-dealkylation sites (tertiary alicyclic amines) is 1. The third-order valence-corrected chi connectivity index (χ3v) is 6.20. The summed E-state index contributed by atoms with van der Waals surface area (Å²) in [7, 11) is -1.54. The van der Waals surface area contributed by atoms with E-state index in [1.807, 2.05) is 20.8 Å². The average molecular weight is 319 g/mol. The summed E-state index contributed by atoms with van der Waals surface area (Å²) in [6.07, 6.45) is 1.33. The predicted octanol–water partition coefficient (Wildman–Crippen LogP) is 0.632. The molecule has 1 atom stereocenters. The van der Waals surface area contributed by atoms with Crippen molar-refractivity contribution in [2.24, 2.45) is 11.1 Å². The van der Waals surface area contributed by atoms with Crippen molar-refractivity contribution in [3.63, 3.8) is 0 Å². The van der Waals surface area contributed by atoms with Crippen LogP contribution in [0.4, 0.5) is 0 Å². The van der Waals surface area contributed by atoms with E-state index in [2.05, 4.69) is 0 Å². The first kappa shape index (κ1) is 18.4. The molecular weight excluding hydrogens is 290 g/mol. The number of rotatable bonds is 4. The molecule has 1 aliphatic heterocycles. The monoisotopic (exact) mass is 319 g/mol. The molecule has 1 saturated heterocycles. The van der Waals surface area contributed by atoms with Gasteiger partial charge in [-0.1, -0.05) is 20.8 Å². The highest BCUT2D eigenvalue weighted by atomic mass is 32.2. The van der Waals surface area contributed by atoms with Gasteiger partial charge in [0.2, 0.25) is 15.9 Å². The summed E-state index contributed by atoms with van der Waals surface area (Å²) in [5.41, 5.74) is 5.75. The molecule has 0 aromatic rings. The van der Waals surface area contributed by atoms with Gasteiger partial charge in [-0.05, 0) is 25.2 Å². The normalized spacial score (nSPS) is 19.9. The molecule has 0 aromatic carbocycles. The first-order valence-electron chi connectivity index (χ1n) is 7.50. The van der Waals surface area contributed by atoms with Crippen molar-refractivity contribution in [1.29, 1.82) is 0 Å². The SMILES string of the molecule is CCS(=O)(=O)N(C)C1CCN(C(=O)[C@@H](N)C(C)(C)C)CC1. The minimum Gasteiger partial charge on any atom is -0.341 e. The second-order valence-corrected chi connectivity index (χ2v) is 9.13. The molecule has 0 saturated carbocycles. The number of hydrogen-bond acceptors (Lipinski definition) is 4. The van der Waals surface area contributed by atoms with Crippen LogP contribution in [0.5, 0.6) is 0 Å². The van der Waals surface area contributed by atoms with Crippen LogP contribution in [0.1, 0.15) is 40.5 Å². The molecule has 0 aliphatic carbocycles. The summed E-state index contributed by atoms with van der Waals surface area (Å²) in [6.45, 7) is 8.62. The lowest BCUT2D eigenvalue weighted by molar-refractivity contribution is -0.136. The van der Waals surface area contributed by atoms with Crippen molar-refractivity contribution in [3.05, 3.63) is 0 Å². The zero-order valence-electron chi connectivity index (χ0n) is 13.8.